The molecule has 1 aromatic carbocycles. The van der Waals surface area contributed by atoms with Crippen LogP contribution in [0.5, 0.6) is 5.75 Å². The minimum atomic E-state index is 0.220. The van der Waals surface area contributed by atoms with Crippen molar-refractivity contribution in [3.05, 3.63) is 51.6 Å². The van der Waals surface area contributed by atoms with Crippen molar-refractivity contribution in [1.82, 2.24) is 4.98 Å². The van der Waals surface area contributed by atoms with E-state index >= 15 is 0 Å². The molecule has 0 aliphatic carbocycles. The van der Waals surface area contributed by atoms with Crippen molar-refractivity contribution < 1.29 is 4.74 Å². The van der Waals surface area contributed by atoms with E-state index in [0.29, 0.717) is 0 Å². The summed E-state index contributed by atoms with van der Waals surface area (Å²) < 4.78 is 6.03. The predicted molar refractivity (Wildman–Crippen MR) is 96.0 cm³/mol. The number of benzene rings is 1. The fourth-order valence-corrected chi connectivity index (χ4v) is 3.22. The molecule has 3 rings (SSSR count). The molecule has 0 radical (unpaired) electrons. The molecule has 122 valence electrons. The number of hydrogen-bond donors (Lipinski definition) is 0. The molecule has 1 aliphatic heterocycles. The smallest absolute Gasteiger partial charge is 0.147 e. The summed E-state index contributed by atoms with van der Waals surface area (Å²) in [6, 6.07) is 9.53. The Kier molecular flexibility index (Phi) is 4.98. The van der Waals surface area contributed by atoms with Gasteiger partial charge in [0.25, 0.3) is 0 Å². The second-order valence-corrected chi connectivity index (χ2v) is 6.80. The van der Waals surface area contributed by atoms with Gasteiger partial charge in [-0.2, -0.15) is 0 Å². The van der Waals surface area contributed by atoms with Gasteiger partial charge in [-0.15, -0.1) is 0 Å². The van der Waals surface area contributed by atoms with Crippen molar-refractivity contribution in [1.29, 1.82) is 0 Å². The van der Waals surface area contributed by atoms with Gasteiger partial charge in [-0.25, -0.2) is 4.98 Å². The summed E-state index contributed by atoms with van der Waals surface area (Å²) >= 11 is 12.3. The Bertz CT molecular complexity index is 680. The molecule has 1 aromatic heterocycles. The maximum absolute atomic E-state index is 6.37. The van der Waals surface area contributed by atoms with Gasteiger partial charge in [0.2, 0.25) is 0 Å². The number of aryl methyl sites for hydroxylation is 2. The molecule has 1 saturated heterocycles. The first-order chi connectivity index (χ1) is 11.0. The molecule has 3 nitrogen and oxygen atoms in total. The van der Waals surface area contributed by atoms with Crippen LogP contribution in [-0.2, 0) is 0 Å². The van der Waals surface area contributed by atoms with Crippen LogP contribution in [0.1, 0.15) is 24.1 Å². The quantitative estimate of drug-likeness (QED) is 0.773. The molecule has 5 heteroatoms. The van der Waals surface area contributed by atoms with Gasteiger partial charge in [-0.3, -0.25) is 0 Å². The Morgan fingerprint density at radius 3 is 2.39 bits per heavy atom. The van der Waals surface area contributed by atoms with Crippen LogP contribution in [-0.4, -0.2) is 24.2 Å². The molecule has 0 bridgehead atoms. The highest BCUT2D eigenvalue weighted by Crippen LogP contribution is 2.29. The fraction of sp³-hybridized carbons (Fsp3) is 0.389. The van der Waals surface area contributed by atoms with Crippen LogP contribution in [0.15, 0.2) is 30.3 Å². The third-order valence-electron chi connectivity index (χ3n) is 4.26. The summed E-state index contributed by atoms with van der Waals surface area (Å²) in [5.74, 6) is 1.76. The largest absolute Gasteiger partial charge is 0.490 e. The fourth-order valence-electron chi connectivity index (χ4n) is 2.77. The molecule has 2 aromatic rings. The molecule has 0 N–H and O–H groups in total. The molecular weight excluding hydrogens is 331 g/mol. The predicted octanol–water partition coefficient (Wildman–Crippen LogP) is 5.05. The number of halogens is 2. The van der Waals surface area contributed by atoms with Gasteiger partial charge in [-0.1, -0.05) is 23.2 Å². The molecule has 0 spiro atoms. The third kappa shape index (κ3) is 3.91. The number of pyridine rings is 1. The summed E-state index contributed by atoms with van der Waals surface area (Å²) in [7, 11) is 0. The lowest BCUT2D eigenvalue weighted by Crippen LogP contribution is -2.39. The van der Waals surface area contributed by atoms with E-state index in [-0.39, 0.29) is 6.10 Å². The highest BCUT2D eigenvalue weighted by atomic mass is 35.5. The van der Waals surface area contributed by atoms with Gasteiger partial charge in [0.15, 0.2) is 0 Å². The first-order valence-corrected chi connectivity index (χ1v) is 8.59. The van der Waals surface area contributed by atoms with E-state index in [0.717, 1.165) is 58.8 Å². The molecule has 2 heterocycles. The Morgan fingerprint density at radius 1 is 1.09 bits per heavy atom. The van der Waals surface area contributed by atoms with E-state index in [2.05, 4.69) is 9.88 Å². The summed E-state index contributed by atoms with van der Waals surface area (Å²) in [6.45, 7) is 5.84. The topological polar surface area (TPSA) is 25.4 Å². The van der Waals surface area contributed by atoms with Gasteiger partial charge >= 0.3 is 0 Å². The summed E-state index contributed by atoms with van der Waals surface area (Å²) in [5, 5.41) is 1.45. The Balaban J connectivity index is 1.62. The van der Waals surface area contributed by atoms with Crippen LogP contribution < -0.4 is 9.64 Å². The summed E-state index contributed by atoms with van der Waals surface area (Å²) in [5.41, 5.74) is 2.16. The molecule has 0 amide bonds. The third-order valence-corrected chi connectivity index (χ3v) is 4.79. The molecule has 0 atom stereocenters. The van der Waals surface area contributed by atoms with Crippen molar-refractivity contribution in [2.24, 2.45) is 0 Å². The second-order valence-electron chi connectivity index (χ2n) is 5.95. The van der Waals surface area contributed by atoms with Crippen LogP contribution in [0.2, 0.25) is 10.0 Å². The van der Waals surface area contributed by atoms with Crippen molar-refractivity contribution in [3.8, 4) is 5.75 Å². The first kappa shape index (κ1) is 16.4. The lowest BCUT2D eigenvalue weighted by Gasteiger charge is -2.33. The average Bonchev–Trinajstić information content (AvgIpc) is 2.54. The maximum atomic E-state index is 6.37. The molecule has 1 fully saturated rings. The van der Waals surface area contributed by atoms with Crippen LogP contribution in [0.25, 0.3) is 0 Å². The van der Waals surface area contributed by atoms with Gasteiger partial charge in [0.1, 0.15) is 17.7 Å². The highest BCUT2D eigenvalue weighted by molar-refractivity contribution is 6.33. The van der Waals surface area contributed by atoms with Gasteiger partial charge in [-0.05, 0) is 49.7 Å². The summed E-state index contributed by atoms with van der Waals surface area (Å²) in [4.78, 5) is 6.90. The Hall–Kier alpha value is -1.45. The van der Waals surface area contributed by atoms with E-state index in [9.17, 15) is 0 Å². The Morgan fingerprint density at radius 2 is 1.74 bits per heavy atom. The number of nitrogens with zero attached hydrogens (tertiary/aromatic N) is 2. The average molecular weight is 351 g/mol. The van der Waals surface area contributed by atoms with Gasteiger partial charge in [0.05, 0.1) is 5.02 Å². The summed E-state index contributed by atoms with van der Waals surface area (Å²) in [6.07, 6.45) is 2.12. The number of anilines is 1. The zero-order valence-corrected chi connectivity index (χ0v) is 14.9. The van der Waals surface area contributed by atoms with Crippen molar-refractivity contribution in [2.75, 3.05) is 18.0 Å². The van der Waals surface area contributed by atoms with Crippen molar-refractivity contribution in [3.63, 3.8) is 0 Å². The molecule has 1 aliphatic rings. The maximum Gasteiger partial charge on any atom is 0.147 e. The highest BCUT2D eigenvalue weighted by Gasteiger charge is 2.23. The first-order valence-electron chi connectivity index (χ1n) is 7.84. The van der Waals surface area contributed by atoms with E-state index in [1.807, 2.05) is 44.2 Å². The normalized spacial score (nSPS) is 15.7. The SMILES string of the molecule is Cc1cc(Cl)c(N2CCC(Oc3ccc(Cl)cc3)CC2)nc1C. The van der Waals surface area contributed by atoms with E-state index in [1.165, 1.54) is 0 Å². The molecule has 23 heavy (non-hydrogen) atoms. The number of rotatable bonds is 3. The Labute approximate surface area is 147 Å². The second kappa shape index (κ2) is 6.98. The number of hydrogen-bond acceptors (Lipinski definition) is 3. The van der Waals surface area contributed by atoms with Gasteiger partial charge in [0, 0.05) is 36.6 Å². The monoisotopic (exact) mass is 350 g/mol. The lowest BCUT2D eigenvalue weighted by atomic mass is 10.1. The van der Waals surface area contributed by atoms with E-state index in [1.54, 1.807) is 0 Å². The number of ether oxygens (including phenoxy) is 1. The molecule has 0 saturated carbocycles. The number of aromatic nitrogens is 1. The minimum Gasteiger partial charge on any atom is -0.490 e. The van der Waals surface area contributed by atoms with Crippen LogP contribution in [0.4, 0.5) is 5.82 Å². The lowest BCUT2D eigenvalue weighted by molar-refractivity contribution is 0.170. The molecular formula is C18H20Cl2N2O. The van der Waals surface area contributed by atoms with Crippen LogP contribution in [0.3, 0.4) is 0 Å². The van der Waals surface area contributed by atoms with Crippen molar-refractivity contribution in [2.45, 2.75) is 32.8 Å². The van der Waals surface area contributed by atoms with E-state index < -0.39 is 0 Å². The van der Waals surface area contributed by atoms with Crippen LogP contribution >= 0.6 is 23.2 Å². The zero-order valence-electron chi connectivity index (χ0n) is 13.4. The number of piperidine rings is 1. The molecule has 0 unspecified atom stereocenters. The van der Waals surface area contributed by atoms with E-state index in [4.69, 9.17) is 27.9 Å². The standard InChI is InChI=1S/C18H20Cl2N2O/c1-12-11-17(20)18(21-13(12)2)22-9-7-16(8-10-22)23-15-5-3-14(19)4-6-15/h3-6,11,16H,7-10H2,1-2H3. The van der Waals surface area contributed by atoms with Gasteiger partial charge < -0.3 is 9.64 Å². The van der Waals surface area contributed by atoms with Crippen molar-refractivity contribution >= 4 is 29.0 Å². The minimum absolute atomic E-state index is 0.220. The van der Waals surface area contributed by atoms with Crippen LogP contribution in [0, 0.1) is 13.8 Å². The zero-order chi connectivity index (χ0) is 16.4.